The van der Waals surface area contributed by atoms with Crippen LogP contribution in [0, 0.1) is 0 Å². The van der Waals surface area contributed by atoms with Gasteiger partial charge in [0.25, 0.3) is 5.56 Å². The van der Waals surface area contributed by atoms with Crippen molar-refractivity contribution < 1.29 is 0 Å². The van der Waals surface area contributed by atoms with Crippen LogP contribution in [0.4, 0.5) is 0 Å². The second kappa shape index (κ2) is 4.66. The highest BCUT2D eigenvalue weighted by Crippen LogP contribution is 2.29. The van der Waals surface area contributed by atoms with Crippen LogP contribution >= 0.6 is 11.3 Å². The number of aromatic nitrogens is 2. The number of rotatable bonds is 2. The maximum absolute atomic E-state index is 11.6. The van der Waals surface area contributed by atoms with Crippen LogP contribution in [-0.2, 0) is 7.05 Å². The van der Waals surface area contributed by atoms with Crippen molar-refractivity contribution >= 4 is 11.3 Å². The lowest BCUT2D eigenvalue weighted by atomic mass is 10.2. The highest BCUT2D eigenvalue weighted by atomic mass is 32.1. The maximum atomic E-state index is 11.6. The molecule has 18 heavy (non-hydrogen) atoms. The van der Waals surface area contributed by atoms with Crippen molar-refractivity contribution in [3.8, 4) is 11.3 Å². The molecule has 0 amide bonds. The summed E-state index contributed by atoms with van der Waals surface area (Å²) in [7, 11) is 1.75. The van der Waals surface area contributed by atoms with Gasteiger partial charge in [0, 0.05) is 30.3 Å². The third-order valence-electron chi connectivity index (χ3n) is 3.28. The van der Waals surface area contributed by atoms with Gasteiger partial charge in [0.2, 0.25) is 0 Å². The standard InChI is InChI=1S/C13H15N3OS/c1-16-6-4-9(7-12(16)17)11-8-18-13(15-11)10-3-2-5-14-10/h4,6-8,10,14H,2-3,5H2,1H3/t10-/m1/s1. The highest BCUT2D eigenvalue weighted by molar-refractivity contribution is 7.10. The van der Waals surface area contributed by atoms with Crippen LogP contribution in [0.2, 0.25) is 0 Å². The summed E-state index contributed by atoms with van der Waals surface area (Å²) in [6, 6.07) is 3.97. The van der Waals surface area contributed by atoms with Crippen molar-refractivity contribution in [1.29, 1.82) is 0 Å². The third kappa shape index (κ3) is 2.11. The number of thiazole rings is 1. The van der Waals surface area contributed by atoms with Gasteiger partial charge >= 0.3 is 0 Å². The SMILES string of the molecule is Cn1ccc(-c2csc([C@H]3CCCN3)n2)cc1=O. The second-order valence-electron chi connectivity index (χ2n) is 4.58. The Bertz CT molecular complexity index is 611. The van der Waals surface area contributed by atoms with Gasteiger partial charge in [-0.2, -0.15) is 0 Å². The summed E-state index contributed by atoms with van der Waals surface area (Å²) in [5.41, 5.74) is 1.81. The Balaban J connectivity index is 1.92. The van der Waals surface area contributed by atoms with Crippen molar-refractivity contribution in [3.63, 3.8) is 0 Å². The Morgan fingerprint density at radius 3 is 3.17 bits per heavy atom. The molecule has 1 saturated heterocycles. The van der Waals surface area contributed by atoms with Gasteiger partial charge in [0.1, 0.15) is 5.01 Å². The van der Waals surface area contributed by atoms with E-state index in [0.29, 0.717) is 6.04 Å². The fourth-order valence-corrected chi connectivity index (χ4v) is 3.12. The number of hydrogen-bond donors (Lipinski definition) is 1. The Kier molecular flexibility index (Phi) is 3.01. The highest BCUT2D eigenvalue weighted by Gasteiger charge is 2.19. The fourth-order valence-electron chi connectivity index (χ4n) is 2.18. The zero-order valence-electron chi connectivity index (χ0n) is 10.2. The summed E-state index contributed by atoms with van der Waals surface area (Å²) < 4.78 is 1.56. The molecule has 0 radical (unpaired) electrons. The van der Waals surface area contributed by atoms with Gasteiger partial charge in [0.15, 0.2) is 0 Å². The molecule has 1 atom stereocenters. The molecule has 2 aromatic heterocycles. The smallest absolute Gasteiger partial charge is 0.250 e. The van der Waals surface area contributed by atoms with Gasteiger partial charge in [0.05, 0.1) is 11.7 Å². The quantitative estimate of drug-likeness (QED) is 0.898. The van der Waals surface area contributed by atoms with E-state index in [0.717, 1.165) is 29.2 Å². The molecule has 94 valence electrons. The van der Waals surface area contributed by atoms with Crippen LogP contribution in [0.1, 0.15) is 23.9 Å². The first-order valence-corrected chi connectivity index (χ1v) is 6.98. The van der Waals surface area contributed by atoms with E-state index in [-0.39, 0.29) is 5.56 Å². The number of aryl methyl sites for hydroxylation is 1. The predicted molar refractivity (Wildman–Crippen MR) is 72.8 cm³/mol. The molecule has 0 bridgehead atoms. The van der Waals surface area contributed by atoms with E-state index in [1.54, 1.807) is 35.2 Å². The van der Waals surface area contributed by atoms with Gasteiger partial charge in [-0.25, -0.2) is 4.98 Å². The average molecular weight is 261 g/mol. The number of pyridine rings is 1. The Hall–Kier alpha value is -1.46. The van der Waals surface area contributed by atoms with Gasteiger partial charge < -0.3 is 9.88 Å². The molecule has 0 aliphatic carbocycles. The predicted octanol–water partition coefficient (Wildman–Crippen LogP) is 1.93. The minimum atomic E-state index is 0.000964. The van der Waals surface area contributed by atoms with E-state index in [9.17, 15) is 4.79 Å². The van der Waals surface area contributed by atoms with Crippen LogP contribution in [0.3, 0.4) is 0 Å². The molecule has 0 saturated carbocycles. The van der Waals surface area contributed by atoms with Gasteiger partial charge in [-0.3, -0.25) is 4.79 Å². The molecule has 0 spiro atoms. The third-order valence-corrected chi connectivity index (χ3v) is 4.24. The van der Waals surface area contributed by atoms with Crippen molar-refractivity contribution in [2.75, 3.05) is 6.54 Å². The zero-order valence-corrected chi connectivity index (χ0v) is 11.0. The van der Waals surface area contributed by atoms with E-state index in [1.165, 1.54) is 6.42 Å². The second-order valence-corrected chi connectivity index (χ2v) is 5.47. The Morgan fingerprint density at radius 2 is 2.44 bits per heavy atom. The van der Waals surface area contributed by atoms with E-state index in [1.807, 2.05) is 11.4 Å². The summed E-state index contributed by atoms with van der Waals surface area (Å²) in [5.74, 6) is 0. The molecule has 3 rings (SSSR count). The molecule has 1 fully saturated rings. The van der Waals surface area contributed by atoms with Gasteiger partial charge in [-0.1, -0.05) is 0 Å². The van der Waals surface area contributed by atoms with Crippen LogP contribution in [-0.4, -0.2) is 16.1 Å². The minimum absolute atomic E-state index is 0.000964. The van der Waals surface area contributed by atoms with Crippen molar-refractivity contribution in [1.82, 2.24) is 14.9 Å². The molecule has 0 unspecified atom stereocenters. The molecule has 0 aromatic carbocycles. The lowest BCUT2D eigenvalue weighted by molar-refractivity contribution is 0.643. The van der Waals surface area contributed by atoms with E-state index >= 15 is 0 Å². The van der Waals surface area contributed by atoms with E-state index in [2.05, 4.69) is 10.3 Å². The summed E-state index contributed by atoms with van der Waals surface area (Å²) in [4.78, 5) is 16.2. The molecule has 1 aliphatic heterocycles. The monoisotopic (exact) mass is 261 g/mol. The lowest BCUT2D eigenvalue weighted by Gasteiger charge is -2.04. The number of nitrogens with one attached hydrogen (secondary N) is 1. The maximum Gasteiger partial charge on any atom is 0.250 e. The van der Waals surface area contributed by atoms with Crippen molar-refractivity contribution in [2.24, 2.45) is 7.05 Å². The normalized spacial score (nSPS) is 19.3. The van der Waals surface area contributed by atoms with Gasteiger partial charge in [-0.15, -0.1) is 11.3 Å². The molecular formula is C13H15N3OS. The minimum Gasteiger partial charge on any atom is -0.319 e. The van der Waals surface area contributed by atoms with E-state index in [4.69, 9.17) is 0 Å². The van der Waals surface area contributed by atoms with Gasteiger partial charge in [-0.05, 0) is 25.5 Å². The van der Waals surface area contributed by atoms with E-state index < -0.39 is 0 Å². The first-order valence-electron chi connectivity index (χ1n) is 6.10. The average Bonchev–Trinajstić information content (AvgIpc) is 3.01. The Morgan fingerprint density at radius 1 is 1.56 bits per heavy atom. The first kappa shape index (κ1) is 11.6. The lowest BCUT2D eigenvalue weighted by Crippen LogP contribution is -2.14. The largest absolute Gasteiger partial charge is 0.319 e. The summed E-state index contributed by atoms with van der Waals surface area (Å²) in [6.07, 6.45) is 4.15. The van der Waals surface area contributed by atoms with Crippen LogP contribution in [0.15, 0.2) is 28.5 Å². The molecule has 1 aliphatic rings. The molecule has 5 heteroatoms. The van der Waals surface area contributed by atoms with Crippen LogP contribution in [0.25, 0.3) is 11.3 Å². The van der Waals surface area contributed by atoms with Crippen LogP contribution < -0.4 is 10.9 Å². The first-order chi connectivity index (χ1) is 8.74. The molecular weight excluding hydrogens is 246 g/mol. The summed E-state index contributed by atoms with van der Waals surface area (Å²) in [5, 5.41) is 6.60. The summed E-state index contributed by atoms with van der Waals surface area (Å²) in [6.45, 7) is 1.07. The van der Waals surface area contributed by atoms with Crippen LogP contribution in [0.5, 0.6) is 0 Å². The molecule has 3 heterocycles. The number of hydrogen-bond acceptors (Lipinski definition) is 4. The molecule has 2 aromatic rings. The molecule has 1 N–H and O–H groups in total. The number of nitrogens with zero attached hydrogens (tertiary/aromatic N) is 2. The zero-order chi connectivity index (χ0) is 12.5. The van der Waals surface area contributed by atoms with Crippen molar-refractivity contribution in [3.05, 3.63) is 39.1 Å². The topological polar surface area (TPSA) is 46.9 Å². The Labute approximate surface area is 109 Å². The van der Waals surface area contributed by atoms with Crippen molar-refractivity contribution in [2.45, 2.75) is 18.9 Å². The molecule has 4 nitrogen and oxygen atoms in total. The summed E-state index contributed by atoms with van der Waals surface area (Å²) >= 11 is 1.67. The fraction of sp³-hybridized carbons (Fsp3) is 0.385.